The van der Waals surface area contributed by atoms with Crippen LogP contribution >= 0.6 is 0 Å². The van der Waals surface area contributed by atoms with Crippen LogP contribution < -0.4 is 4.72 Å². The van der Waals surface area contributed by atoms with Crippen LogP contribution in [0.4, 0.5) is 0 Å². The van der Waals surface area contributed by atoms with E-state index in [-0.39, 0.29) is 6.42 Å². The Balaban J connectivity index is 2.01. The Morgan fingerprint density at radius 3 is 2.33 bits per heavy atom. The smallest absolute Gasteiger partial charge is 0.245 e. The summed E-state index contributed by atoms with van der Waals surface area (Å²) in [6, 6.07) is 17.1. The van der Waals surface area contributed by atoms with Gasteiger partial charge in [0, 0.05) is 12.0 Å². The molecule has 0 aliphatic heterocycles. The molecule has 0 aliphatic carbocycles. The lowest BCUT2D eigenvalue weighted by Gasteiger charge is -2.16. The van der Waals surface area contributed by atoms with Crippen molar-refractivity contribution in [2.75, 3.05) is 0 Å². The Kier molecular flexibility index (Phi) is 6.22. The monoisotopic (exact) mass is 423 g/mol. The van der Waals surface area contributed by atoms with Crippen molar-refractivity contribution in [3.05, 3.63) is 84.1 Å². The summed E-state index contributed by atoms with van der Waals surface area (Å²) in [5.74, 6) is -0.545. The molecule has 0 aliphatic rings. The van der Waals surface area contributed by atoms with Gasteiger partial charge in [-0.25, -0.2) is 13.1 Å². The molecule has 0 radical (unpaired) electrons. The van der Waals surface area contributed by atoms with Gasteiger partial charge in [-0.3, -0.25) is 9.52 Å². The zero-order valence-electron chi connectivity index (χ0n) is 17.3. The van der Waals surface area contributed by atoms with Crippen molar-refractivity contribution < 1.29 is 13.2 Å². The molecule has 7 heteroatoms. The van der Waals surface area contributed by atoms with Gasteiger partial charge in [-0.2, -0.15) is 5.10 Å². The summed E-state index contributed by atoms with van der Waals surface area (Å²) in [5, 5.41) is 3.64. The van der Waals surface area contributed by atoms with Crippen LogP contribution in [0.5, 0.6) is 0 Å². The lowest BCUT2D eigenvalue weighted by Crippen LogP contribution is -2.33. The maximum atomic E-state index is 12.6. The predicted molar refractivity (Wildman–Crippen MR) is 119 cm³/mol. The highest BCUT2D eigenvalue weighted by Crippen LogP contribution is 2.31. The first-order valence-corrected chi connectivity index (χ1v) is 11.2. The van der Waals surface area contributed by atoms with Crippen molar-refractivity contribution in [1.82, 2.24) is 14.5 Å². The standard InChI is InChI=1S/C23H25N3O3S/c1-5-21(30(28,29)25-22(27)6-2)18-12-14-19(15-13-18)23-16(3)17(4)24-26(23)20-10-8-7-9-11-20/h5,7-15,21H,1,6H2,2-4H3,(H,25,27). The number of amides is 1. The summed E-state index contributed by atoms with van der Waals surface area (Å²) in [4.78, 5) is 11.6. The molecule has 1 N–H and O–H groups in total. The van der Waals surface area contributed by atoms with E-state index in [2.05, 4.69) is 16.4 Å². The van der Waals surface area contributed by atoms with E-state index in [9.17, 15) is 13.2 Å². The number of sulfonamides is 1. The molecule has 0 bridgehead atoms. The van der Waals surface area contributed by atoms with Crippen LogP contribution in [0, 0.1) is 13.8 Å². The number of hydrogen-bond acceptors (Lipinski definition) is 4. The molecule has 30 heavy (non-hydrogen) atoms. The summed E-state index contributed by atoms with van der Waals surface area (Å²) < 4.78 is 29.1. The molecule has 0 saturated heterocycles. The summed E-state index contributed by atoms with van der Waals surface area (Å²) in [6.07, 6.45) is 1.41. The van der Waals surface area contributed by atoms with Gasteiger partial charge in [-0.05, 0) is 37.1 Å². The first-order chi connectivity index (χ1) is 14.3. The Morgan fingerprint density at radius 1 is 1.13 bits per heavy atom. The molecule has 0 spiro atoms. The van der Waals surface area contributed by atoms with Crippen LogP contribution in [0.25, 0.3) is 16.9 Å². The van der Waals surface area contributed by atoms with E-state index in [1.54, 1.807) is 19.1 Å². The van der Waals surface area contributed by atoms with Gasteiger partial charge in [0.05, 0.1) is 17.1 Å². The van der Waals surface area contributed by atoms with Gasteiger partial charge in [-0.1, -0.05) is 55.5 Å². The first-order valence-electron chi connectivity index (χ1n) is 9.67. The fourth-order valence-corrected chi connectivity index (χ4v) is 4.62. The molecule has 6 nitrogen and oxygen atoms in total. The third kappa shape index (κ3) is 4.21. The number of rotatable bonds is 7. The molecule has 156 valence electrons. The summed E-state index contributed by atoms with van der Waals surface area (Å²) >= 11 is 0. The van der Waals surface area contributed by atoms with Gasteiger partial charge in [-0.15, -0.1) is 6.58 Å². The number of para-hydroxylation sites is 1. The topological polar surface area (TPSA) is 81.1 Å². The molecule has 1 atom stereocenters. The van der Waals surface area contributed by atoms with Gasteiger partial charge in [0.15, 0.2) is 0 Å². The van der Waals surface area contributed by atoms with Crippen LogP contribution in [0.2, 0.25) is 0 Å². The zero-order valence-corrected chi connectivity index (χ0v) is 18.1. The van der Waals surface area contributed by atoms with Crippen LogP contribution in [-0.2, 0) is 14.8 Å². The van der Waals surface area contributed by atoms with E-state index in [4.69, 9.17) is 0 Å². The number of aromatic nitrogens is 2. The molecule has 0 fully saturated rings. The van der Waals surface area contributed by atoms with Crippen molar-refractivity contribution >= 4 is 15.9 Å². The minimum Gasteiger partial charge on any atom is -0.274 e. The summed E-state index contributed by atoms with van der Waals surface area (Å²) in [7, 11) is -3.90. The van der Waals surface area contributed by atoms with Crippen LogP contribution in [0.3, 0.4) is 0 Å². The molecule has 3 rings (SSSR count). The molecule has 1 amide bonds. The quantitative estimate of drug-likeness (QED) is 0.577. The van der Waals surface area contributed by atoms with Crippen LogP contribution in [-0.4, -0.2) is 24.1 Å². The Bertz CT molecular complexity index is 1160. The number of aryl methyl sites for hydroxylation is 1. The van der Waals surface area contributed by atoms with E-state index in [0.717, 1.165) is 28.2 Å². The lowest BCUT2D eigenvalue weighted by molar-refractivity contribution is -0.119. The molecule has 3 aromatic rings. The maximum absolute atomic E-state index is 12.6. The van der Waals surface area contributed by atoms with E-state index in [0.29, 0.717) is 5.56 Å². The van der Waals surface area contributed by atoms with Crippen LogP contribution in [0.1, 0.15) is 35.4 Å². The second-order valence-corrected chi connectivity index (χ2v) is 8.81. The highest BCUT2D eigenvalue weighted by Gasteiger charge is 2.26. The van der Waals surface area contributed by atoms with E-state index in [1.165, 1.54) is 6.08 Å². The van der Waals surface area contributed by atoms with Gasteiger partial charge in [0.1, 0.15) is 5.25 Å². The number of carbonyl (C=O) groups is 1. The van der Waals surface area contributed by atoms with Gasteiger partial charge >= 0.3 is 0 Å². The molecule has 2 aromatic carbocycles. The SMILES string of the molecule is C=CC(c1ccc(-c2c(C)c(C)nn2-c2ccccc2)cc1)S(=O)(=O)NC(=O)CC. The second kappa shape index (κ2) is 8.67. The molecular weight excluding hydrogens is 398 g/mol. The van der Waals surface area contributed by atoms with Crippen molar-refractivity contribution in [3.8, 4) is 16.9 Å². The minimum absolute atomic E-state index is 0.0874. The molecular formula is C23H25N3O3S. The fourth-order valence-electron chi connectivity index (χ4n) is 3.27. The maximum Gasteiger partial charge on any atom is 0.245 e. The van der Waals surface area contributed by atoms with E-state index in [1.807, 2.05) is 61.0 Å². The Labute approximate surface area is 177 Å². The average molecular weight is 424 g/mol. The molecule has 1 heterocycles. The number of hydrogen-bond donors (Lipinski definition) is 1. The number of nitrogens with one attached hydrogen (secondary N) is 1. The fraction of sp³-hybridized carbons (Fsp3) is 0.217. The Morgan fingerprint density at radius 2 is 1.77 bits per heavy atom. The first kappa shape index (κ1) is 21.5. The van der Waals surface area contributed by atoms with E-state index < -0.39 is 21.2 Å². The zero-order chi connectivity index (χ0) is 21.9. The van der Waals surface area contributed by atoms with Gasteiger partial charge in [0.25, 0.3) is 0 Å². The van der Waals surface area contributed by atoms with Crippen molar-refractivity contribution in [1.29, 1.82) is 0 Å². The van der Waals surface area contributed by atoms with Crippen molar-refractivity contribution in [3.63, 3.8) is 0 Å². The normalized spacial score (nSPS) is 12.4. The third-order valence-corrected chi connectivity index (χ3v) is 6.64. The predicted octanol–water partition coefficient (Wildman–Crippen LogP) is 4.24. The number of carbonyl (C=O) groups excluding carboxylic acids is 1. The largest absolute Gasteiger partial charge is 0.274 e. The third-order valence-electron chi connectivity index (χ3n) is 5.00. The molecule has 0 saturated carbocycles. The number of nitrogens with zero attached hydrogens (tertiary/aromatic N) is 2. The lowest BCUT2D eigenvalue weighted by atomic mass is 10.0. The summed E-state index contributed by atoms with van der Waals surface area (Å²) in [6.45, 7) is 9.22. The minimum atomic E-state index is -3.90. The van der Waals surface area contributed by atoms with E-state index >= 15 is 0 Å². The molecule has 1 unspecified atom stereocenters. The van der Waals surface area contributed by atoms with Crippen molar-refractivity contribution in [2.45, 2.75) is 32.4 Å². The van der Waals surface area contributed by atoms with Gasteiger partial charge < -0.3 is 0 Å². The Hall–Kier alpha value is -3.19. The van der Waals surface area contributed by atoms with Crippen LogP contribution in [0.15, 0.2) is 67.3 Å². The van der Waals surface area contributed by atoms with Crippen molar-refractivity contribution in [2.24, 2.45) is 0 Å². The highest BCUT2D eigenvalue weighted by molar-refractivity contribution is 7.90. The average Bonchev–Trinajstić information content (AvgIpc) is 3.03. The second-order valence-electron chi connectivity index (χ2n) is 7.01. The summed E-state index contributed by atoms with van der Waals surface area (Å²) in [5.41, 5.74) is 5.31. The van der Waals surface area contributed by atoms with Gasteiger partial charge in [0.2, 0.25) is 15.9 Å². The number of benzene rings is 2. The highest BCUT2D eigenvalue weighted by atomic mass is 32.2. The molecule has 1 aromatic heterocycles.